The number of rotatable bonds is 6. The van der Waals surface area contributed by atoms with Gasteiger partial charge in [0.1, 0.15) is 11.6 Å². The number of morpholine rings is 2. The van der Waals surface area contributed by atoms with Crippen LogP contribution in [0.3, 0.4) is 0 Å². The maximum absolute atomic E-state index is 13.1. The van der Waals surface area contributed by atoms with E-state index in [4.69, 9.17) is 14.5 Å². The molecule has 194 valence electrons. The molecule has 0 bridgehead atoms. The van der Waals surface area contributed by atoms with Gasteiger partial charge in [-0.2, -0.15) is 0 Å². The maximum Gasteiger partial charge on any atom is 0.263 e. The lowest BCUT2D eigenvalue weighted by Crippen LogP contribution is -2.39. The number of carbonyl (C=O) groups excluding carboxylic acids is 1. The molecule has 0 unspecified atom stereocenters. The number of hydrogen-bond donors (Lipinski definition) is 1. The van der Waals surface area contributed by atoms with Gasteiger partial charge in [-0.1, -0.05) is 18.2 Å². The van der Waals surface area contributed by atoms with E-state index in [2.05, 4.69) is 27.2 Å². The van der Waals surface area contributed by atoms with Crippen molar-refractivity contribution in [3.8, 4) is 11.1 Å². The van der Waals surface area contributed by atoms with Crippen LogP contribution in [0.5, 0.6) is 0 Å². The molecule has 1 aromatic heterocycles. The van der Waals surface area contributed by atoms with Gasteiger partial charge in [0.15, 0.2) is 0 Å². The van der Waals surface area contributed by atoms with Gasteiger partial charge in [-0.15, -0.1) is 0 Å². The van der Waals surface area contributed by atoms with E-state index in [1.807, 2.05) is 25.1 Å². The van der Waals surface area contributed by atoms with Gasteiger partial charge in [-0.25, -0.2) is 13.8 Å². The van der Waals surface area contributed by atoms with Crippen molar-refractivity contribution in [2.75, 3.05) is 67.7 Å². The van der Waals surface area contributed by atoms with Crippen molar-refractivity contribution in [3.05, 3.63) is 71.3 Å². The van der Waals surface area contributed by atoms with Crippen molar-refractivity contribution >= 4 is 23.2 Å². The minimum atomic E-state index is -2.63. The molecule has 2 aliphatic rings. The fourth-order valence-electron chi connectivity index (χ4n) is 4.60. The van der Waals surface area contributed by atoms with E-state index in [1.54, 1.807) is 0 Å². The molecule has 2 aliphatic heterocycles. The maximum atomic E-state index is 13.1. The Bertz CT molecular complexity index is 1220. The molecule has 0 saturated carbocycles. The van der Waals surface area contributed by atoms with Crippen LogP contribution in [0.4, 0.5) is 26.1 Å². The van der Waals surface area contributed by atoms with Gasteiger partial charge in [0.05, 0.1) is 26.4 Å². The largest absolute Gasteiger partial charge is 0.378 e. The lowest BCUT2D eigenvalue weighted by molar-refractivity contribution is 0.102. The Labute approximate surface area is 215 Å². The fourth-order valence-corrected chi connectivity index (χ4v) is 4.60. The van der Waals surface area contributed by atoms with Crippen molar-refractivity contribution in [3.63, 3.8) is 0 Å². The average molecular weight is 509 g/mol. The number of anilines is 3. The predicted molar refractivity (Wildman–Crippen MR) is 140 cm³/mol. The number of nitrogens with one attached hydrogen (secondary N) is 1. The quantitative estimate of drug-likeness (QED) is 0.510. The van der Waals surface area contributed by atoms with Crippen LogP contribution in [0.25, 0.3) is 11.1 Å². The number of benzene rings is 2. The number of pyridine rings is 1. The summed E-state index contributed by atoms with van der Waals surface area (Å²) in [7, 11) is 0. The smallest absolute Gasteiger partial charge is 0.263 e. The van der Waals surface area contributed by atoms with Crippen LogP contribution < -0.4 is 15.1 Å². The molecule has 2 aromatic carbocycles. The van der Waals surface area contributed by atoms with Crippen molar-refractivity contribution in [1.29, 1.82) is 0 Å². The molecule has 37 heavy (non-hydrogen) atoms. The summed E-state index contributed by atoms with van der Waals surface area (Å²) >= 11 is 0. The summed E-state index contributed by atoms with van der Waals surface area (Å²) in [6.07, 6.45) is -2.63. The minimum Gasteiger partial charge on any atom is -0.378 e. The molecule has 3 heterocycles. The highest BCUT2D eigenvalue weighted by atomic mass is 19.3. The number of nitrogens with zero attached hydrogens (tertiary/aromatic N) is 3. The van der Waals surface area contributed by atoms with Crippen molar-refractivity contribution in [2.24, 2.45) is 0 Å². The lowest BCUT2D eigenvalue weighted by atomic mass is 9.99. The highest BCUT2D eigenvalue weighted by molar-refractivity contribution is 6.04. The van der Waals surface area contributed by atoms with E-state index in [1.165, 1.54) is 24.3 Å². The van der Waals surface area contributed by atoms with E-state index in [9.17, 15) is 13.6 Å². The van der Waals surface area contributed by atoms with Crippen LogP contribution in [0.15, 0.2) is 54.6 Å². The summed E-state index contributed by atoms with van der Waals surface area (Å²) in [5.41, 5.74) is 3.60. The molecule has 0 atom stereocenters. The molecule has 1 amide bonds. The molecule has 2 fully saturated rings. The molecule has 1 N–H and O–H groups in total. The second-order valence-corrected chi connectivity index (χ2v) is 9.18. The van der Waals surface area contributed by atoms with Crippen LogP contribution in [-0.2, 0) is 9.47 Å². The van der Waals surface area contributed by atoms with Crippen LogP contribution in [-0.4, -0.2) is 63.5 Å². The third-order valence-corrected chi connectivity index (χ3v) is 6.68. The average Bonchev–Trinajstić information content (AvgIpc) is 2.95. The highest BCUT2D eigenvalue weighted by Gasteiger charge is 2.20. The van der Waals surface area contributed by atoms with Crippen LogP contribution >= 0.6 is 0 Å². The zero-order valence-corrected chi connectivity index (χ0v) is 20.8. The summed E-state index contributed by atoms with van der Waals surface area (Å²) < 4.78 is 37.3. The molecule has 3 aromatic rings. The van der Waals surface area contributed by atoms with Crippen LogP contribution in [0.1, 0.15) is 27.9 Å². The van der Waals surface area contributed by atoms with Gasteiger partial charge in [0, 0.05) is 43.0 Å². The Balaban J connectivity index is 1.47. The molecule has 0 aliphatic carbocycles. The highest BCUT2D eigenvalue weighted by Crippen LogP contribution is 2.33. The van der Waals surface area contributed by atoms with E-state index in [0.717, 1.165) is 54.5 Å². The van der Waals surface area contributed by atoms with Crippen molar-refractivity contribution < 1.29 is 23.0 Å². The number of alkyl halides is 2. The number of carbonyl (C=O) groups is 1. The summed E-state index contributed by atoms with van der Waals surface area (Å²) in [5, 5.41) is 2.86. The number of halogens is 2. The lowest BCUT2D eigenvalue weighted by Gasteiger charge is -2.32. The zero-order valence-electron chi connectivity index (χ0n) is 20.8. The molecular weight excluding hydrogens is 478 g/mol. The minimum absolute atomic E-state index is 0.180. The van der Waals surface area contributed by atoms with Gasteiger partial charge in [-0.3, -0.25) is 4.79 Å². The Kier molecular flexibility index (Phi) is 7.62. The first-order chi connectivity index (χ1) is 18.0. The van der Waals surface area contributed by atoms with Crippen LogP contribution in [0.2, 0.25) is 0 Å². The van der Waals surface area contributed by atoms with Crippen molar-refractivity contribution in [1.82, 2.24) is 4.98 Å². The summed E-state index contributed by atoms with van der Waals surface area (Å²) in [6.45, 7) is 7.74. The fraction of sp³-hybridized carbons (Fsp3) is 0.357. The molecular formula is C28H30F2N4O3. The second kappa shape index (κ2) is 11.2. The Morgan fingerprint density at radius 2 is 1.51 bits per heavy atom. The number of ether oxygens (including phenoxy) is 2. The Morgan fingerprint density at radius 3 is 2.11 bits per heavy atom. The van der Waals surface area contributed by atoms with E-state index < -0.39 is 12.3 Å². The Hall–Kier alpha value is -3.56. The summed E-state index contributed by atoms with van der Waals surface area (Å²) in [6, 6.07) is 15.4. The number of hydrogen-bond acceptors (Lipinski definition) is 6. The topological polar surface area (TPSA) is 66.9 Å². The number of aryl methyl sites for hydroxylation is 1. The summed E-state index contributed by atoms with van der Waals surface area (Å²) in [4.78, 5) is 22.3. The molecule has 2 saturated heterocycles. The second-order valence-electron chi connectivity index (χ2n) is 9.18. The van der Waals surface area contributed by atoms with E-state index >= 15 is 0 Å². The van der Waals surface area contributed by atoms with E-state index in [-0.39, 0.29) is 11.1 Å². The van der Waals surface area contributed by atoms with Gasteiger partial charge in [0.25, 0.3) is 12.3 Å². The van der Waals surface area contributed by atoms with Gasteiger partial charge >= 0.3 is 0 Å². The molecule has 0 radical (unpaired) electrons. The predicted octanol–water partition coefficient (Wildman–Crippen LogP) is 4.92. The molecule has 7 nitrogen and oxygen atoms in total. The molecule has 5 rings (SSSR count). The van der Waals surface area contributed by atoms with E-state index in [0.29, 0.717) is 32.1 Å². The summed E-state index contributed by atoms with van der Waals surface area (Å²) in [5.74, 6) is 1.34. The molecule has 0 spiro atoms. The zero-order chi connectivity index (χ0) is 25.8. The van der Waals surface area contributed by atoms with Crippen molar-refractivity contribution in [2.45, 2.75) is 13.3 Å². The monoisotopic (exact) mass is 508 g/mol. The van der Waals surface area contributed by atoms with Crippen LogP contribution in [0, 0.1) is 6.92 Å². The van der Waals surface area contributed by atoms with Gasteiger partial charge < -0.3 is 24.6 Å². The first-order valence-electron chi connectivity index (χ1n) is 12.5. The first kappa shape index (κ1) is 25.1. The number of amides is 1. The Morgan fingerprint density at radius 1 is 0.892 bits per heavy atom. The number of aromatic nitrogens is 1. The van der Waals surface area contributed by atoms with Gasteiger partial charge in [-0.05, 0) is 60.0 Å². The third kappa shape index (κ3) is 5.89. The van der Waals surface area contributed by atoms with Gasteiger partial charge in [0.2, 0.25) is 0 Å². The third-order valence-electron chi connectivity index (χ3n) is 6.68. The standard InChI is InChI=1S/C28H30F2N4O3/c1-19-5-6-23(31-28(35)21-4-2-3-20(15-21)27(29)30)18-24(19)22-16-25(33-7-11-36-12-8-33)32-26(17-22)34-9-13-37-14-10-34/h2-6,15-18,27H,7-14H2,1H3,(H,31,35). The normalized spacial score (nSPS) is 16.2. The first-order valence-corrected chi connectivity index (χ1v) is 12.5. The molecule has 9 heteroatoms. The SMILES string of the molecule is Cc1ccc(NC(=O)c2cccc(C(F)F)c2)cc1-c1cc(N2CCOCC2)nc(N2CCOCC2)c1.